The quantitative estimate of drug-likeness (QED) is 0.892. The summed E-state index contributed by atoms with van der Waals surface area (Å²) in [6, 6.07) is 7.47. The normalized spacial score (nSPS) is 15.3. The lowest BCUT2D eigenvalue weighted by Gasteiger charge is -2.19. The van der Waals surface area contributed by atoms with Crippen molar-refractivity contribution < 1.29 is 4.79 Å². The first-order chi connectivity index (χ1) is 11.5. The summed E-state index contributed by atoms with van der Waals surface area (Å²) in [6.07, 6.45) is 2.06. The van der Waals surface area contributed by atoms with Gasteiger partial charge in [-0.05, 0) is 50.2 Å². The van der Waals surface area contributed by atoms with Crippen molar-refractivity contribution in [2.45, 2.75) is 18.8 Å². The highest BCUT2D eigenvalue weighted by molar-refractivity contribution is 6.03. The second kappa shape index (κ2) is 7.00. The molecule has 7 heteroatoms. The summed E-state index contributed by atoms with van der Waals surface area (Å²) < 4.78 is 1.64. The second-order valence-corrected chi connectivity index (χ2v) is 6.34. The number of aromatic nitrogens is 3. The monoisotopic (exact) mass is 328 g/mol. The molecule has 128 valence electrons. The largest absolute Gasteiger partial charge is 0.378 e. The van der Waals surface area contributed by atoms with Gasteiger partial charge in [-0.3, -0.25) is 10.1 Å². The predicted molar refractivity (Wildman–Crippen MR) is 94.6 cm³/mol. The van der Waals surface area contributed by atoms with E-state index in [1.165, 1.54) is 0 Å². The number of carbonyl (C=O) groups excluding carboxylic acids is 1. The summed E-state index contributed by atoms with van der Waals surface area (Å²) in [6.45, 7) is 1.98. The van der Waals surface area contributed by atoms with Crippen LogP contribution in [0.25, 0.3) is 0 Å². The van der Waals surface area contributed by atoms with E-state index < -0.39 is 0 Å². The van der Waals surface area contributed by atoms with Crippen LogP contribution in [-0.2, 0) is 7.05 Å². The number of anilines is 2. The molecule has 0 saturated carbocycles. The van der Waals surface area contributed by atoms with E-state index in [4.69, 9.17) is 0 Å². The van der Waals surface area contributed by atoms with Gasteiger partial charge < -0.3 is 10.2 Å². The van der Waals surface area contributed by atoms with E-state index in [1.807, 2.05) is 50.3 Å². The van der Waals surface area contributed by atoms with Crippen LogP contribution in [0.3, 0.4) is 0 Å². The van der Waals surface area contributed by atoms with Crippen molar-refractivity contribution in [2.75, 3.05) is 37.4 Å². The molecule has 3 rings (SSSR count). The van der Waals surface area contributed by atoms with Crippen LogP contribution in [-0.4, -0.2) is 47.9 Å². The number of hydrogen-bond acceptors (Lipinski definition) is 5. The van der Waals surface area contributed by atoms with Crippen LogP contribution >= 0.6 is 0 Å². The van der Waals surface area contributed by atoms with E-state index in [1.54, 1.807) is 4.68 Å². The fraction of sp³-hybridized carbons (Fsp3) is 0.471. The summed E-state index contributed by atoms with van der Waals surface area (Å²) in [5.41, 5.74) is 1.66. The van der Waals surface area contributed by atoms with Crippen molar-refractivity contribution >= 4 is 17.5 Å². The molecule has 1 amide bonds. The summed E-state index contributed by atoms with van der Waals surface area (Å²) in [5, 5.41) is 10.7. The van der Waals surface area contributed by atoms with Crippen LogP contribution in [0.15, 0.2) is 24.3 Å². The van der Waals surface area contributed by atoms with Crippen molar-refractivity contribution in [1.82, 2.24) is 20.1 Å². The smallest absolute Gasteiger partial charge is 0.258 e. The van der Waals surface area contributed by atoms with Crippen LogP contribution in [0.2, 0.25) is 0 Å². The van der Waals surface area contributed by atoms with Gasteiger partial charge in [0.25, 0.3) is 5.91 Å². The van der Waals surface area contributed by atoms with Gasteiger partial charge in [0.05, 0.1) is 0 Å². The molecule has 2 aromatic rings. The standard InChI is InChI=1S/C17H24N6O/c1-22(2)14-6-4-13(5-7-14)16(24)20-17-19-15(21-23(17)3)12-8-10-18-11-9-12/h4-7,12,18H,8-11H2,1-3H3,(H,19,20,21,24). The van der Waals surface area contributed by atoms with Crippen LogP contribution < -0.4 is 15.5 Å². The molecule has 1 aliphatic rings. The number of aryl methyl sites for hydroxylation is 1. The van der Waals surface area contributed by atoms with Gasteiger partial charge in [-0.2, -0.15) is 10.1 Å². The van der Waals surface area contributed by atoms with Crippen molar-refractivity contribution in [2.24, 2.45) is 7.05 Å². The molecule has 7 nitrogen and oxygen atoms in total. The molecule has 0 unspecified atom stereocenters. The maximum atomic E-state index is 12.4. The highest BCUT2D eigenvalue weighted by Gasteiger charge is 2.21. The average Bonchev–Trinajstić information content (AvgIpc) is 2.96. The molecule has 2 heterocycles. The predicted octanol–water partition coefficient (Wildman–Crippen LogP) is 1.60. The van der Waals surface area contributed by atoms with Crippen LogP contribution in [0, 0.1) is 0 Å². The molecule has 0 spiro atoms. The Hall–Kier alpha value is -2.41. The molecule has 1 aliphatic heterocycles. The lowest BCUT2D eigenvalue weighted by molar-refractivity contribution is 0.102. The Balaban J connectivity index is 1.70. The molecular formula is C17H24N6O. The van der Waals surface area contributed by atoms with Gasteiger partial charge in [-0.15, -0.1) is 0 Å². The Morgan fingerprint density at radius 1 is 1.25 bits per heavy atom. The maximum Gasteiger partial charge on any atom is 0.258 e. The zero-order valence-electron chi connectivity index (χ0n) is 14.4. The molecular weight excluding hydrogens is 304 g/mol. The van der Waals surface area contributed by atoms with E-state index in [9.17, 15) is 4.79 Å². The number of amides is 1. The number of benzene rings is 1. The molecule has 2 N–H and O–H groups in total. The van der Waals surface area contributed by atoms with Gasteiger partial charge in [0.1, 0.15) is 0 Å². The molecule has 0 bridgehead atoms. The summed E-state index contributed by atoms with van der Waals surface area (Å²) >= 11 is 0. The van der Waals surface area contributed by atoms with E-state index in [-0.39, 0.29) is 5.91 Å². The minimum atomic E-state index is -0.173. The Labute approximate surface area is 142 Å². The Kier molecular flexibility index (Phi) is 4.80. The minimum Gasteiger partial charge on any atom is -0.378 e. The number of hydrogen-bond donors (Lipinski definition) is 2. The molecule has 0 aliphatic carbocycles. The van der Waals surface area contributed by atoms with E-state index in [0.717, 1.165) is 37.4 Å². The summed E-state index contributed by atoms with van der Waals surface area (Å²) in [7, 11) is 5.75. The van der Waals surface area contributed by atoms with E-state index >= 15 is 0 Å². The van der Waals surface area contributed by atoms with Crippen molar-refractivity contribution in [3.63, 3.8) is 0 Å². The topological polar surface area (TPSA) is 75.1 Å². The molecule has 0 atom stereocenters. The summed E-state index contributed by atoms with van der Waals surface area (Å²) in [4.78, 5) is 18.9. The molecule has 1 aromatic heterocycles. The van der Waals surface area contributed by atoms with Crippen molar-refractivity contribution in [1.29, 1.82) is 0 Å². The van der Waals surface area contributed by atoms with Gasteiger partial charge in [-0.25, -0.2) is 4.68 Å². The Morgan fingerprint density at radius 3 is 2.54 bits per heavy atom. The first-order valence-corrected chi connectivity index (χ1v) is 8.25. The van der Waals surface area contributed by atoms with Gasteiger partial charge in [0.2, 0.25) is 5.95 Å². The zero-order valence-corrected chi connectivity index (χ0v) is 14.4. The van der Waals surface area contributed by atoms with Gasteiger partial charge in [-0.1, -0.05) is 0 Å². The van der Waals surface area contributed by atoms with Crippen LogP contribution in [0.5, 0.6) is 0 Å². The highest BCUT2D eigenvalue weighted by Crippen LogP contribution is 2.23. The first-order valence-electron chi connectivity index (χ1n) is 8.25. The number of nitrogens with zero attached hydrogens (tertiary/aromatic N) is 4. The Morgan fingerprint density at radius 2 is 1.92 bits per heavy atom. The molecule has 24 heavy (non-hydrogen) atoms. The van der Waals surface area contributed by atoms with E-state index in [0.29, 0.717) is 17.4 Å². The third-order valence-corrected chi connectivity index (χ3v) is 4.35. The van der Waals surface area contributed by atoms with Crippen molar-refractivity contribution in [3.8, 4) is 0 Å². The van der Waals surface area contributed by atoms with E-state index in [2.05, 4.69) is 20.7 Å². The average molecular weight is 328 g/mol. The van der Waals surface area contributed by atoms with Gasteiger partial charge in [0, 0.05) is 38.3 Å². The van der Waals surface area contributed by atoms with Gasteiger partial charge in [0.15, 0.2) is 5.82 Å². The van der Waals surface area contributed by atoms with Crippen molar-refractivity contribution in [3.05, 3.63) is 35.7 Å². The second-order valence-electron chi connectivity index (χ2n) is 6.34. The first kappa shape index (κ1) is 16.4. The van der Waals surface area contributed by atoms with Gasteiger partial charge >= 0.3 is 0 Å². The fourth-order valence-electron chi connectivity index (χ4n) is 2.85. The third kappa shape index (κ3) is 3.56. The third-order valence-electron chi connectivity index (χ3n) is 4.35. The minimum absolute atomic E-state index is 0.173. The number of nitrogens with one attached hydrogen (secondary N) is 2. The fourth-order valence-corrected chi connectivity index (χ4v) is 2.85. The number of carbonyl (C=O) groups is 1. The lowest BCUT2D eigenvalue weighted by Crippen LogP contribution is -2.27. The summed E-state index contributed by atoms with van der Waals surface area (Å²) in [5.74, 6) is 1.50. The molecule has 1 aromatic carbocycles. The maximum absolute atomic E-state index is 12.4. The van der Waals surface area contributed by atoms with Crippen LogP contribution in [0.4, 0.5) is 11.6 Å². The molecule has 1 saturated heterocycles. The Bertz CT molecular complexity index is 700. The van der Waals surface area contributed by atoms with Crippen LogP contribution in [0.1, 0.15) is 34.9 Å². The number of piperidine rings is 1. The highest BCUT2D eigenvalue weighted by atomic mass is 16.1. The molecule has 0 radical (unpaired) electrons. The number of rotatable bonds is 4. The lowest BCUT2D eigenvalue weighted by atomic mass is 9.98. The molecule has 1 fully saturated rings. The zero-order chi connectivity index (χ0) is 17.1. The SMILES string of the molecule is CN(C)c1ccc(C(=O)Nc2nc(C3CCNCC3)nn2C)cc1.